The molecule has 5 rings (SSSR count). The van der Waals surface area contributed by atoms with Gasteiger partial charge in [-0.05, 0) is 17.9 Å². The molecule has 5 aromatic rings. The molecule has 1 atom stereocenters. The maximum Gasteiger partial charge on any atom is 0.0989 e. The van der Waals surface area contributed by atoms with Crippen molar-refractivity contribution in [2.45, 2.75) is 45.6 Å². The molecule has 1 aromatic heterocycles. The Kier molecular flexibility index (Phi) is 20.5. The largest absolute Gasteiger partial charge is 0.671 e. The fraction of sp³-hybridized carbons (Fsp3) is 0.341. The number of nitrogens with zero attached hydrogens (tertiary/aromatic N) is 6. The molecule has 1 heterocycles. The van der Waals surface area contributed by atoms with Gasteiger partial charge in [0.25, 0.3) is 0 Å². The summed E-state index contributed by atoms with van der Waals surface area (Å²) in [6.45, 7) is 8.99. The van der Waals surface area contributed by atoms with E-state index in [2.05, 4.69) is 158 Å². The van der Waals surface area contributed by atoms with E-state index in [1.807, 2.05) is 6.07 Å². The van der Waals surface area contributed by atoms with E-state index in [0.29, 0.717) is 11.8 Å². The van der Waals surface area contributed by atoms with Gasteiger partial charge in [0.2, 0.25) is 0 Å². The smallest absolute Gasteiger partial charge is 0.0989 e. The van der Waals surface area contributed by atoms with Crippen molar-refractivity contribution in [3.05, 3.63) is 153 Å². The van der Waals surface area contributed by atoms with Gasteiger partial charge in [-0.3, -0.25) is 0 Å². The molecular weight excluding hydrogens is 755 g/mol. The Balaban J connectivity index is 0.00000104. The molecule has 0 aliphatic heterocycles. The van der Waals surface area contributed by atoms with Gasteiger partial charge in [-0.2, -0.15) is 42.3 Å². The first-order valence-electron chi connectivity index (χ1n) is 16.2. The third-order valence-corrected chi connectivity index (χ3v) is 7.18. The summed E-state index contributed by atoms with van der Waals surface area (Å²) in [5.74, 6) is 1.66. The zero-order valence-electron chi connectivity index (χ0n) is 30.8. The number of para-hydroxylation sites is 1. The van der Waals surface area contributed by atoms with Crippen LogP contribution in [-0.2, 0) is 32.9 Å². The van der Waals surface area contributed by atoms with E-state index in [0.717, 1.165) is 39.6 Å². The molecule has 0 radical (unpaired) electrons. The molecule has 48 heavy (non-hydrogen) atoms. The van der Waals surface area contributed by atoms with Crippen LogP contribution in [0.4, 0.5) is 5.69 Å². The summed E-state index contributed by atoms with van der Waals surface area (Å²) in [5.41, 5.74) is 9.10. The van der Waals surface area contributed by atoms with E-state index in [1.54, 1.807) is 42.3 Å². The normalized spacial score (nSPS) is 10.8. The monoisotopic (exact) mass is 810 g/mol. The number of benzene rings is 4. The Bertz CT molecular complexity index is 1520. The second kappa shape index (κ2) is 23.1. The van der Waals surface area contributed by atoms with Crippen LogP contribution in [0.5, 0.6) is 0 Å². The minimum absolute atomic E-state index is 0. The van der Waals surface area contributed by atoms with Crippen molar-refractivity contribution in [2.75, 3.05) is 42.3 Å². The fourth-order valence-electron chi connectivity index (χ4n) is 5.19. The van der Waals surface area contributed by atoms with Gasteiger partial charge in [0.15, 0.2) is 0 Å². The Morgan fingerprint density at radius 1 is 0.542 bits per heavy atom. The molecule has 7 heteroatoms. The quantitative estimate of drug-likeness (QED) is 0.144. The summed E-state index contributed by atoms with van der Waals surface area (Å²) >= 11 is 0. The maximum atomic E-state index is 5.56. The minimum atomic E-state index is -0.251. The molecule has 0 N–H and O–H groups in total. The van der Waals surface area contributed by atoms with Gasteiger partial charge in [0.1, 0.15) is 0 Å². The van der Waals surface area contributed by atoms with Gasteiger partial charge >= 0.3 is 0 Å². The van der Waals surface area contributed by atoms with Crippen LogP contribution in [0.15, 0.2) is 109 Å². The molecule has 0 aliphatic carbocycles. The molecular formula is C41H54HfN6-4. The van der Waals surface area contributed by atoms with Gasteiger partial charge < -0.3 is 25.8 Å². The van der Waals surface area contributed by atoms with Crippen molar-refractivity contribution < 1.29 is 25.8 Å². The molecule has 0 bridgehead atoms. The Morgan fingerprint density at radius 3 is 1.35 bits per heavy atom. The predicted molar refractivity (Wildman–Crippen MR) is 206 cm³/mol. The number of hydrogen-bond donors (Lipinski definition) is 0. The third-order valence-electron chi connectivity index (χ3n) is 7.18. The zero-order valence-corrected chi connectivity index (χ0v) is 34.4. The van der Waals surface area contributed by atoms with Gasteiger partial charge in [-0.15, -0.1) is 5.69 Å². The van der Waals surface area contributed by atoms with E-state index >= 15 is 0 Å². The van der Waals surface area contributed by atoms with E-state index in [-0.39, 0.29) is 31.9 Å². The fourth-order valence-corrected chi connectivity index (χ4v) is 5.19. The predicted octanol–water partition coefficient (Wildman–Crippen LogP) is 11.7. The summed E-state index contributed by atoms with van der Waals surface area (Å²) in [6.07, 6.45) is 0. The molecule has 4 aromatic carbocycles. The van der Waals surface area contributed by atoms with Crippen molar-refractivity contribution in [2.24, 2.45) is 7.05 Å². The number of rotatable bonds is 8. The first-order valence-corrected chi connectivity index (χ1v) is 16.2. The van der Waals surface area contributed by atoms with Crippen LogP contribution in [0, 0.1) is 0 Å². The Hall–Kier alpha value is -3.36. The molecule has 0 saturated carbocycles. The van der Waals surface area contributed by atoms with Crippen molar-refractivity contribution in [1.29, 1.82) is 0 Å². The van der Waals surface area contributed by atoms with E-state index < -0.39 is 0 Å². The van der Waals surface area contributed by atoms with Crippen molar-refractivity contribution in [3.63, 3.8) is 0 Å². The summed E-state index contributed by atoms with van der Waals surface area (Å²) in [5, 5.41) is 16.1. The van der Waals surface area contributed by atoms with Crippen molar-refractivity contribution in [3.8, 4) is 22.5 Å². The summed E-state index contributed by atoms with van der Waals surface area (Å²) in [4.78, 5) is 5.35. The van der Waals surface area contributed by atoms with Crippen LogP contribution in [0.25, 0.3) is 43.8 Å². The maximum absolute atomic E-state index is 5.56. The first kappa shape index (κ1) is 42.7. The van der Waals surface area contributed by atoms with Crippen molar-refractivity contribution in [1.82, 2.24) is 9.55 Å². The van der Waals surface area contributed by atoms with E-state index in [4.69, 9.17) is 10.3 Å². The van der Waals surface area contributed by atoms with Gasteiger partial charge in [-0.1, -0.05) is 154 Å². The Morgan fingerprint density at radius 2 is 0.938 bits per heavy atom. The molecule has 256 valence electrons. The second-order valence-electron chi connectivity index (χ2n) is 11.8. The molecule has 1 unspecified atom stereocenters. The number of aromatic nitrogens is 2. The third kappa shape index (κ3) is 12.0. The van der Waals surface area contributed by atoms with Gasteiger partial charge in [0.05, 0.1) is 17.2 Å². The average molecular weight is 809 g/mol. The van der Waals surface area contributed by atoms with Gasteiger partial charge in [0, 0.05) is 44.0 Å². The molecule has 0 spiro atoms. The minimum Gasteiger partial charge on any atom is -0.671 e. The molecule has 6 nitrogen and oxygen atoms in total. The Labute approximate surface area is 310 Å². The molecule has 0 saturated heterocycles. The van der Waals surface area contributed by atoms with Crippen LogP contribution < -0.4 is 0 Å². The van der Waals surface area contributed by atoms with Gasteiger partial charge in [-0.25, -0.2) is 4.98 Å². The van der Waals surface area contributed by atoms with Crippen molar-refractivity contribution >= 4 is 5.69 Å². The SMILES string of the molecule is CC(C)c1cccc(C(C)C)c1[N-]C(c1ccccc1)c1nc(-c2ccccc2)c(-c2ccccc2)n1C.C[N-]C.C[N-]C.C[N-]C.[Hf]. The number of imidazole rings is 1. The average Bonchev–Trinajstić information content (AvgIpc) is 3.42. The first-order chi connectivity index (χ1) is 22.7. The van der Waals surface area contributed by atoms with E-state index in [9.17, 15) is 0 Å². The van der Waals surface area contributed by atoms with Crippen LogP contribution in [0.2, 0.25) is 0 Å². The van der Waals surface area contributed by atoms with Crippen LogP contribution in [0.3, 0.4) is 0 Å². The zero-order chi connectivity index (χ0) is 34.8. The second-order valence-corrected chi connectivity index (χ2v) is 11.8. The molecule has 0 fully saturated rings. The van der Waals surface area contributed by atoms with Crippen LogP contribution >= 0.6 is 0 Å². The summed E-state index contributed by atoms with van der Waals surface area (Å²) < 4.78 is 2.24. The van der Waals surface area contributed by atoms with E-state index in [1.165, 1.54) is 11.1 Å². The molecule has 0 amide bonds. The standard InChI is InChI=1S/C35H36N3.3C2H6N.Hf/c1-24(2)29-22-15-23-30(25(3)4)33(29)36-32(27-18-11-7-12-19-27)35-37-31(26-16-9-6-10-17-26)34(38(35)5)28-20-13-8-14-21-28;3*1-3-2;/h6-25,32H,1-5H3;3*1-2H3;/q4*-1;. The summed E-state index contributed by atoms with van der Waals surface area (Å²) in [6, 6.07) is 38.0. The topological polar surface area (TPSA) is 74.2 Å². The summed E-state index contributed by atoms with van der Waals surface area (Å²) in [7, 11) is 12.6. The van der Waals surface area contributed by atoms with Crippen LogP contribution in [-0.4, -0.2) is 51.8 Å². The molecule has 0 aliphatic rings. The van der Waals surface area contributed by atoms with Crippen LogP contribution in [0.1, 0.15) is 68.1 Å². The number of hydrogen-bond acceptors (Lipinski definition) is 1.